The van der Waals surface area contributed by atoms with Gasteiger partial charge in [0.25, 0.3) is 0 Å². The second kappa shape index (κ2) is 5.72. The monoisotopic (exact) mass is 250 g/mol. The summed E-state index contributed by atoms with van der Waals surface area (Å²) in [6.07, 6.45) is 2.28. The molecule has 0 aliphatic carbocycles. The smallest absolute Gasteiger partial charge is 0.229 e. The maximum Gasteiger partial charge on any atom is 0.229 e. The van der Waals surface area contributed by atoms with Crippen molar-refractivity contribution >= 4 is 9.04 Å². The fraction of sp³-hybridized carbons (Fsp3) is 0.600. The summed E-state index contributed by atoms with van der Waals surface area (Å²) in [5, 5.41) is 0. The molecule has 0 fully saturated rings. The lowest BCUT2D eigenvalue weighted by atomic mass is 9.85. The number of hydrogen-bond acceptors (Lipinski definition) is 1. The molecule has 96 valence electrons. The minimum atomic E-state index is -1.05. The van der Waals surface area contributed by atoms with Gasteiger partial charge in [0.1, 0.15) is 5.75 Å². The van der Waals surface area contributed by atoms with Crippen LogP contribution < -0.4 is 4.43 Å². The van der Waals surface area contributed by atoms with E-state index in [1.54, 1.807) is 0 Å². The third-order valence-corrected chi connectivity index (χ3v) is 3.48. The molecule has 0 bridgehead atoms. The van der Waals surface area contributed by atoms with Gasteiger partial charge in [0.05, 0.1) is 0 Å². The van der Waals surface area contributed by atoms with Gasteiger partial charge in [-0.1, -0.05) is 52.3 Å². The molecule has 0 heterocycles. The van der Waals surface area contributed by atoms with Crippen molar-refractivity contribution < 1.29 is 4.43 Å². The standard InChI is InChI=1S/C15H26OSi/c1-7-9-12-10-8-11-13(15(2,3)4)14(12)16-17(5)6/h8,10-11,17H,7,9H2,1-6H3. The molecule has 0 amide bonds. The molecule has 1 aromatic rings. The van der Waals surface area contributed by atoms with E-state index < -0.39 is 9.04 Å². The highest BCUT2D eigenvalue weighted by molar-refractivity contribution is 6.49. The summed E-state index contributed by atoms with van der Waals surface area (Å²) in [7, 11) is -1.05. The molecule has 0 atom stereocenters. The summed E-state index contributed by atoms with van der Waals surface area (Å²) in [6, 6.07) is 6.59. The van der Waals surface area contributed by atoms with Gasteiger partial charge in [-0.3, -0.25) is 0 Å². The molecule has 0 spiro atoms. The van der Waals surface area contributed by atoms with Crippen LogP contribution in [0.1, 0.15) is 45.2 Å². The second-order valence-corrected chi connectivity index (χ2v) is 8.29. The molecule has 0 saturated heterocycles. The van der Waals surface area contributed by atoms with Crippen molar-refractivity contribution in [1.29, 1.82) is 0 Å². The van der Waals surface area contributed by atoms with Crippen LogP contribution in [0.2, 0.25) is 13.1 Å². The minimum absolute atomic E-state index is 0.155. The Hall–Kier alpha value is -0.763. The quantitative estimate of drug-likeness (QED) is 0.724. The Morgan fingerprint density at radius 2 is 1.82 bits per heavy atom. The third kappa shape index (κ3) is 3.88. The fourth-order valence-corrected chi connectivity index (χ4v) is 2.77. The van der Waals surface area contributed by atoms with Gasteiger partial charge in [-0.25, -0.2) is 0 Å². The Bertz CT molecular complexity index is 364. The SMILES string of the molecule is CCCc1cccc(C(C)(C)C)c1O[SiH](C)C. The van der Waals surface area contributed by atoms with Crippen molar-refractivity contribution in [2.75, 3.05) is 0 Å². The van der Waals surface area contributed by atoms with Crippen LogP contribution in [0, 0.1) is 0 Å². The summed E-state index contributed by atoms with van der Waals surface area (Å²) >= 11 is 0. The largest absolute Gasteiger partial charge is 0.547 e. The fourth-order valence-electron chi connectivity index (χ4n) is 2.02. The van der Waals surface area contributed by atoms with Crippen molar-refractivity contribution in [1.82, 2.24) is 0 Å². The van der Waals surface area contributed by atoms with Gasteiger partial charge < -0.3 is 4.43 Å². The topological polar surface area (TPSA) is 9.23 Å². The Morgan fingerprint density at radius 3 is 2.29 bits per heavy atom. The zero-order valence-corrected chi connectivity index (χ0v) is 13.3. The summed E-state index contributed by atoms with van der Waals surface area (Å²) in [6.45, 7) is 13.5. The van der Waals surface area contributed by atoms with Crippen molar-refractivity contribution in [2.24, 2.45) is 0 Å². The van der Waals surface area contributed by atoms with E-state index in [2.05, 4.69) is 59.0 Å². The molecule has 0 aliphatic rings. The van der Waals surface area contributed by atoms with Gasteiger partial charge in [-0.05, 0) is 36.1 Å². The molecule has 0 saturated carbocycles. The molecule has 0 aromatic heterocycles. The van der Waals surface area contributed by atoms with Gasteiger partial charge in [0.2, 0.25) is 9.04 Å². The first kappa shape index (κ1) is 14.3. The van der Waals surface area contributed by atoms with Gasteiger partial charge in [-0.2, -0.15) is 0 Å². The average Bonchev–Trinajstić information content (AvgIpc) is 2.18. The number of para-hydroxylation sites is 1. The van der Waals surface area contributed by atoms with E-state index in [1.165, 1.54) is 23.3 Å². The maximum absolute atomic E-state index is 6.19. The summed E-state index contributed by atoms with van der Waals surface area (Å²) < 4.78 is 6.19. The second-order valence-electron chi connectivity index (χ2n) is 5.96. The average molecular weight is 250 g/mol. The Morgan fingerprint density at radius 1 is 1.18 bits per heavy atom. The predicted molar refractivity (Wildman–Crippen MR) is 78.6 cm³/mol. The van der Waals surface area contributed by atoms with Crippen molar-refractivity contribution in [3.8, 4) is 5.75 Å². The van der Waals surface area contributed by atoms with E-state index in [0.717, 1.165) is 6.42 Å². The van der Waals surface area contributed by atoms with E-state index in [0.29, 0.717) is 0 Å². The van der Waals surface area contributed by atoms with E-state index in [1.807, 2.05) is 0 Å². The first-order chi connectivity index (χ1) is 7.86. The molecule has 0 radical (unpaired) electrons. The van der Waals surface area contributed by atoms with Crippen LogP contribution in [-0.4, -0.2) is 9.04 Å². The lowest BCUT2D eigenvalue weighted by molar-refractivity contribution is 0.513. The molecule has 1 nitrogen and oxygen atoms in total. The highest BCUT2D eigenvalue weighted by atomic mass is 28.3. The molecular formula is C15H26OSi. The zero-order valence-electron chi connectivity index (χ0n) is 12.1. The number of aryl methyl sites for hydroxylation is 1. The Kier molecular flexibility index (Phi) is 4.81. The maximum atomic E-state index is 6.19. The Balaban J connectivity index is 3.24. The van der Waals surface area contributed by atoms with Crippen LogP contribution >= 0.6 is 0 Å². The van der Waals surface area contributed by atoms with Gasteiger partial charge >= 0.3 is 0 Å². The molecule has 17 heavy (non-hydrogen) atoms. The normalized spacial score (nSPS) is 11.9. The third-order valence-electron chi connectivity index (χ3n) is 2.78. The van der Waals surface area contributed by atoms with Crippen LogP contribution in [0.25, 0.3) is 0 Å². The van der Waals surface area contributed by atoms with Crippen LogP contribution in [0.3, 0.4) is 0 Å². The van der Waals surface area contributed by atoms with Crippen LogP contribution in [0.15, 0.2) is 18.2 Å². The van der Waals surface area contributed by atoms with Crippen molar-refractivity contribution in [2.45, 2.75) is 59.0 Å². The number of hydrogen-bond donors (Lipinski definition) is 0. The summed E-state index contributed by atoms with van der Waals surface area (Å²) in [5.41, 5.74) is 2.88. The van der Waals surface area contributed by atoms with Gasteiger partial charge in [0.15, 0.2) is 0 Å². The lowest BCUT2D eigenvalue weighted by Gasteiger charge is -2.26. The molecule has 0 unspecified atom stereocenters. The lowest BCUT2D eigenvalue weighted by Crippen LogP contribution is -2.19. The Labute approximate surface area is 108 Å². The molecule has 0 N–H and O–H groups in total. The minimum Gasteiger partial charge on any atom is -0.547 e. The van der Waals surface area contributed by atoms with Gasteiger partial charge in [-0.15, -0.1) is 0 Å². The number of rotatable bonds is 4. The van der Waals surface area contributed by atoms with Crippen molar-refractivity contribution in [3.05, 3.63) is 29.3 Å². The first-order valence-electron chi connectivity index (χ1n) is 6.65. The molecule has 2 heteroatoms. The molecule has 0 aliphatic heterocycles. The molecular weight excluding hydrogens is 224 g/mol. The molecule has 1 aromatic carbocycles. The highest BCUT2D eigenvalue weighted by Gasteiger charge is 2.21. The van der Waals surface area contributed by atoms with Crippen LogP contribution in [0.4, 0.5) is 0 Å². The van der Waals surface area contributed by atoms with Crippen molar-refractivity contribution in [3.63, 3.8) is 0 Å². The predicted octanol–water partition coefficient (Wildman–Crippen LogP) is 4.30. The van der Waals surface area contributed by atoms with E-state index in [9.17, 15) is 0 Å². The summed E-state index contributed by atoms with van der Waals surface area (Å²) in [4.78, 5) is 0. The van der Waals surface area contributed by atoms with Gasteiger partial charge in [0, 0.05) is 0 Å². The first-order valence-corrected chi connectivity index (χ1v) is 9.43. The highest BCUT2D eigenvalue weighted by Crippen LogP contribution is 2.35. The van der Waals surface area contributed by atoms with E-state index in [-0.39, 0.29) is 5.41 Å². The zero-order chi connectivity index (χ0) is 13.1. The summed E-state index contributed by atoms with van der Waals surface area (Å²) in [5.74, 6) is 1.17. The number of benzene rings is 1. The van der Waals surface area contributed by atoms with Crippen LogP contribution in [0.5, 0.6) is 5.75 Å². The van der Waals surface area contributed by atoms with E-state index >= 15 is 0 Å². The van der Waals surface area contributed by atoms with E-state index in [4.69, 9.17) is 4.43 Å². The van der Waals surface area contributed by atoms with Crippen LogP contribution in [-0.2, 0) is 11.8 Å². The molecule has 1 rings (SSSR count).